The summed E-state index contributed by atoms with van der Waals surface area (Å²) in [6, 6.07) is 0. The molecule has 0 atom stereocenters. The maximum atomic E-state index is 13.0. The van der Waals surface area contributed by atoms with Crippen LogP contribution >= 0.6 is 12.2 Å². The van der Waals surface area contributed by atoms with Crippen molar-refractivity contribution in [1.29, 1.82) is 0 Å². The fourth-order valence-corrected chi connectivity index (χ4v) is 3.69. The molecule has 0 aromatic carbocycles. The van der Waals surface area contributed by atoms with E-state index in [1.54, 1.807) is 0 Å². The third-order valence-corrected chi connectivity index (χ3v) is 5.44. The Balaban J connectivity index is 1.58. The lowest BCUT2D eigenvalue weighted by molar-refractivity contribution is 0.122. The molecule has 2 aromatic rings. The van der Waals surface area contributed by atoms with Gasteiger partial charge in [0.2, 0.25) is 5.95 Å². The van der Waals surface area contributed by atoms with E-state index in [1.165, 1.54) is 4.52 Å². The molecule has 2 aliphatic rings. The van der Waals surface area contributed by atoms with Gasteiger partial charge in [-0.05, 0) is 18.6 Å². The molecule has 0 aliphatic carbocycles. The van der Waals surface area contributed by atoms with Crippen LogP contribution in [-0.2, 0) is 17.7 Å². The third kappa shape index (κ3) is 3.63. The summed E-state index contributed by atoms with van der Waals surface area (Å²) in [5.74, 6) is 1.09. The second-order valence-electron chi connectivity index (χ2n) is 6.88. The molecule has 1 saturated heterocycles. The quantitative estimate of drug-likeness (QED) is 0.568. The molecule has 0 amide bonds. The van der Waals surface area contributed by atoms with Crippen LogP contribution < -0.4 is 15.8 Å². The lowest BCUT2D eigenvalue weighted by atomic mass is 10.1. The number of thiocarbonyl (C=S) groups is 1. The first-order valence-corrected chi connectivity index (χ1v) is 9.94. The number of aromatic amines is 1. The third-order valence-electron chi connectivity index (χ3n) is 5.03. The largest absolute Gasteiger partial charge is 0.378 e. The molecule has 2 N–H and O–H groups in total. The van der Waals surface area contributed by atoms with E-state index in [1.807, 2.05) is 4.90 Å². The molecule has 0 saturated carbocycles. The summed E-state index contributed by atoms with van der Waals surface area (Å²) >= 11 is 5.49. The Labute approximate surface area is 162 Å². The number of fused-ring (bicyclic) bond motifs is 2. The number of rotatable bonds is 4. The van der Waals surface area contributed by atoms with Crippen LogP contribution in [0.25, 0.3) is 5.78 Å². The molecule has 2 aromatic heterocycles. The lowest BCUT2D eigenvalue weighted by Gasteiger charge is -2.30. The second kappa shape index (κ2) is 7.81. The minimum atomic E-state index is -0.0944. The summed E-state index contributed by atoms with van der Waals surface area (Å²) < 4.78 is 6.82. The number of ether oxygens (including phenoxy) is 1. The standard InChI is InChI=1S/C17H25N7O2S/c1-2-3-5-18-17(27)23-6-4-13-12(11-23)14(25)24-15(19-13)20-16(21-24)22-7-9-26-10-8-22/h2-11H2,1H3,(H,18,27)(H,19,20,21). The van der Waals surface area contributed by atoms with Gasteiger partial charge in [0.1, 0.15) is 0 Å². The minimum Gasteiger partial charge on any atom is -0.378 e. The van der Waals surface area contributed by atoms with Gasteiger partial charge < -0.3 is 19.9 Å². The predicted molar refractivity (Wildman–Crippen MR) is 106 cm³/mol. The van der Waals surface area contributed by atoms with E-state index in [4.69, 9.17) is 17.0 Å². The van der Waals surface area contributed by atoms with Crippen LogP contribution in [0, 0.1) is 0 Å². The topological polar surface area (TPSA) is 90.8 Å². The molecule has 2 aliphatic heterocycles. The van der Waals surface area contributed by atoms with E-state index < -0.39 is 0 Å². The zero-order valence-electron chi connectivity index (χ0n) is 15.5. The molecule has 9 nitrogen and oxygen atoms in total. The fraction of sp³-hybridized carbons (Fsp3) is 0.647. The van der Waals surface area contributed by atoms with Gasteiger partial charge in [-0.25, -0.2) is 4.98 Å². The molecular formula is C17H25N7O2S. The van der Waals surface area contributed by atoms with Gasteiger partial charge in [-0.15, -0.1) is 0 Å². The summed E-state index contributed by atoms with van der Waals surface area (Å²) in [5, 5.41) is 7.09. The smallest absolute Gasteiger partial charge is 0.279 e. The summed E-state index contributed by atoms with van der Waals surface area (Å²) in [6.07, 6.45) is 2.89. The van der Waals surface area contributed by atoms with Crippen molar-refractivity contribution < 1.29 is 4.74 Å². The number of hydrogen-bond acceptors (Lipinski definition) is 6. The molecule has 1 fully saturated rings. The van der Waals surface area contributed by atoms with E-state index in [0.29, 0.717) is 48.6 Å². The molecule has 0 radical (unpaired) electrons. The first kappa shape index (κ1) is 18.2. The van der Waals surface area contributed by atoms with Crippen molar-refractivity contribution in [3.05, 3.63) is 21.6 Å². The van der Waals surface area contributed by atoms with Crippen molar-refractivity contribution in [2.24, 2.45) is 0 Å². The maximum Gasteiger partial charge on any atom is 0.279 e. The average Bonchev–Trinajstić information content (AvgIpc) is 3.13. The Kier molecular flexibility index (Phi) is 5.26. The number of nitrogens with zero attached hydrogens (tertiary/aromatic N) is 5. The number of anilines is 1. The molecule has 27 heavy (non-hydrogen) atoms. The first-order valence-electron chi connectivity index (χ1n) is 9.53. The van der Waals surface area contributed by atoms with Gasteiger partial charge in [0, 0.05) is 32.6 Å². The normalized spacial score (nSPS) is 17.2. The summed E-state index contributed by atoms with van der Waals surface area (Å²) in [7, 11) is 0. The van der Waals surface area contributed by atoms with Crippen molar-refractivity contribution in [1.82, 2.24) is 29.8 Å². The van der Waals surface area contributed by atoms with Gasteiger partial charge in [0.15, 0.2) is 5.11 Å². The van der Waals surface area contributed by atoms with Crippen molar-refractivity contribution in [2.45, 2.75) is 32.7 Å². The SMILES string of the molecule is CCCCNC(=S)N1CCc2nc3nc(N4CCOCC4)[nH]n3c(=O)c2C1. The molecule has 0 unspecified atom stereocenters. The van der Waals surface area contributed by atoms with E-state index in [-0.39, 0.29) is 5.56 Å². The van der Waals surface area contributed by atoms with Crippen molar-refractivity contribution >= 4 is 29.1 Å². The molecule has 0 bridgehead atoms. The number of H-pyrrole nitrogens is 1. The first-order chi connectivity index (χ1) is 13.2. The Morgan fingerprint density at radius 3 is 2.89 bits per heavy atom. The number of morpholine rings is 1. The van der Waals surface area contributed by atoms with Gasteiger partial charge >= 0.3 is 0 Å². The maximum absolute atomic E-state index is 13.0. The minimum absolute atomic E-state index is 0.0944. The van der Waals surface area contributed by atoms with Gasteiger partial charge in [-0.1, -0.05) is 13.3 Å². The summed E-state index contributed by atoms with van der Waals surface area (Å²) in [4.78, 5) is 26.3. The average molecular weight is 392 g/mol. The predicted octanol–water partition coefficient (Wildman–Crippen LogP) is 0.287. The van der Waals surface area contributed by atoms with Crippen LogP contribution in [0.5, 0.6) is 0 Å². The summed E-state index contributed by atoms with van der Waals surface area (Å²) in [5.41, 5.74) is 1.42. The van der Waals surface area contributed by atoms with Crippen molar-refractivity contribution in [3.63, 3.8) is 0 Å². The monoisotopic (exact) mass is 391 g/mol. The number of hydrogen-bond donors (Lipinski definition) is 2. The fourth-order valence-electron chi connectivity index (χ4n) is 3.43. The molecule has 0 spiro atoms. The number of unbranched alkanes of at least 4 members (excludes halogenated alkanes) is 1. The van der Waals surface area contributed by atoms with E-state index in [0.717, 1.165) is 44.7 Å². The molecule has 146 valence electrons. The number of nitrogens with one attached hydrogen (secondary N) is 2. The zero-order valence-corrected chi connectivity index (χ0v) is 16.3. The molecule has 4 rings (SSSR count). The molecule has 10 heteroatoms. The lowest BCUT2D eigenvalue weighted by Crippen LogP contribution is -2.45. The van der Waals surface area contributed by atoms with Gasteiger partial charge in [-0.3, -0.25) is 9.89 Å². The Morgan fingerprint density at radius 2 is 2.11 bits per heavy atom. The van der Waals surface area contributed by atoms with Gasteiger partial charge in [0.25, 0.3) is 11.3 Å². The summed E-state index contributed by atoms with van der Waals surface area (Å²) in [6.45, 7) is 7.07. The molecular weight excluding hydrogens is 366 g/mol. The van der Waals surface area contributed by atoms with E-state index >= 15 is 0 Å². The zero-order chi connectivity index (χ0) is 18.8. The Morgan fingerprint density at radius 1 is 1.30 bits per heavy atom. The van der Waals surface area contributed by atoms with Crippen molar-refractivity contribution in [3.8, 4) is 0 Å². The van der Waals surface area contributed by atoms with Gasteiger partial charge in [0.05, 0.1) is 31.0 Å². The molecule has 4 heterocycles. The second-order valence-corrected chi connectivity index (χ2v) is 7.27. The Hall–Kier alpha value is -2.20. The van der Waals surface area contributed by atoms with Crippen LogP contribution in [0.2, 0.25) is 0 Å². The van der Waals surface area contributed by atoms with Crippen LogP contribution in [-0.4, -0.2) is 69.0 Å². The highest BCUT2D eigenvalue weighted by Gasteiger charge is 2.25. The highest BCUT2D eigenvalue weighted by molar-refractivity contribution is 7.80. The van der Waals surface area contributed by atoms with Crippen LogP contribution in [0.15, 0.2) is 4.79 Å². The van der Waals surface area contributed by atoms with Crippen LogP contribution in [0.1, 0.15) is 31.0 Å². The van der Waals surface area contributed by atoms with Crippen molar-refractivity contribution in [2.75, 3.05) is 44.3 Å². The highest BCUT2D eigenvalue weighted by Crippen LogP contribution is 2.16. The van der Waals surface area contributed by atoms with E-state index in [9.17, 15) is 4.79 Å². The van der Waals surface area contributed by atoms with E-state index in [2.05, 4.69) is 32.2 Å². The van der Waals surface area contributed by atoms with Crippen LogP contribution in [0.3, 0.4) is 0 Å². The number of aromatic nitrogens is 4. The Bertz CT molecular complexity index is 887. The van der Waals surface area contributed by atoms with Crippen LogP contribution in [0.4, 0.5) is 5.95 Å². The van der Waals surface area contributed by atoms with Gasteiger partial charge in [-0.2, -0.15) is 9.50 Å². The highest BCUT2D eigenvalue weighted by atomic mass is 32.1.